The van der Waals surface area contributed by atoms with Crippen molar-refractivity contribution in [2.24, 2.45) is 7.05 Å². The number of fused-ring (bicyclic) bond motifs is 1. The molecule has 36 heavy (non-hydrogen) atoms. The van der Waals surface area contributed by atoms with Gasteiger partial charge < -0.3 is 15.2 Å². The number of carbonyl (C=O) groups is 1. The minimum absolute atomic E-state index is 0.0521. The Labute approximate surface area is 207 Å². The molecule has 2 aromatic carbocycles. The molecule has 0 aliphatic rings. The third-order valence-electron chi connectivity index (χ3n) is 5.54. The van der Waals surface area contributed by atoms with Crippen LogP contribution in [0.4, 0.5) is 30.4 Å². The lowest BCUT2D eigenvalue weighted by Crippen LogP contribution is -2.13. The van der Waals surface area contributed by atoms with E-state index < -0.39 is 17.6 Å². The van der Waals surface area contributed by atoms with Crippen molar-refractivity contribution in [3.05, 3.63) is 82.3 Å². The summed E-state index contributed by atoms with van der Waals surface area (Å²) in [6.07, 6.45) is -2.86. The lowest BCUT2D eigenvalue weighted by Gasteiger charge is -2.13. The second-order valence-corrected chi connectivity index (χ2v) is 8.90. The Hall–Kier alpha value is -4.25. The molecule has 0 unspecified atom stereocenters. The van der Waals surface area contributed by atoms with E-state index in [0.29, 0.717) is 28.5 Å². The zero-order valence-corrected chi connectivity index (χ0v) is 19.9. The van der Waals surface area contributed by atoms with E-state index in [1.54, 1.807) is 29.1 Å². The van der Waals surface area contributed by atoms with Crippen LogP contribution in [0.3, 0.4) is 0 Å². The van der Waals surface area contributed by atoms with E-state index >= 15 is 0 Å². The van der Waals surface area contributed by atoms with Crippen LogP contribution in [0, 0.1) is 6.92 Å². The molecular weight excluding hydrogens is 489 g/mol. The van der Waals surface area contributed by atoms with E-state index in [0.717, 1.165) is 23.3 Å². The number of amides is 1. The molecule has 0 bridgehead atoms. The fourth-order valence-corrected chi connectivity index (χ4v) is 4.25. The quantitative estimate of drug-likeness (QED) is 0.286. The maximum atomic E-state index is 13.0. The molecule has 0 aliphatic carbocycles. The van der Waals surface area contributed by atoms with Gasteiger partial charge in [0.05, 0.1) is 11.9 Å². The molecular formula is C25H19F3N6OS. The Kier molecular flexibility index (Phi) is 5.92. The van der Waals surface area contributed by atoms with Crippen LogP contribution >= 0.6 is 11.3 Å². The van der Waals surface area contributed by atoms with Gasteiger partial charge in [-0.2, -0.15) is 24.5 Å². The number of thiophene rings is 1. The smallest absolute Gasteiger partial charge is 0.338 e. The molecule has 182 valence electrons. The highest BCUT2D eigenvalue weighted by Gasteiger charge is 2.30. The van der Waals surface area contributed by atoms with Gasteiger partial charge in [-0.1, -0.05) is 12.1 Å². The van der Waals surface area contributed by atoms with Crippen LogP contribution in [0.15, 0.2) is 65.6 Å². The topological polar surface area (TPSA) is 84.7 Å². The molecule has 0 atom stereocenters. The number of aromatic nitrogens is 4. The van der Waals surface area contributed by atoms with E-state index in [2.05, 4.69) is 25.6 Å². The molecule has 0 fully saturated rings. The first kappa shape index (κ1) is 23.5. The number of rotatable bonds is 5. The summed E-state index contributed by atoms with van der Waals surface area (Å²) >= 11 is 1.54. The summed E-state index contributed by atoms with van der Waals surface area (Å²) in [7, 11) is 1.84. The minimum atomic E-state index is -4.50. The van der Waals surface area contributed by atoms with E-state index in [9.17, 15) is 18.0 Å². The Bertz CT molecular complexity index is 1580. The molecule has 7 nitrogen and oxygen atoms in total. The summed E-state index contributed by atoms with van der Waals surface area (Å²) in [5, 5.41) is 9.69. The Morgan fingerprint density at radius 1 is 1.08 bits per heavy atom. The molecule has 11 heteroatoms. The molecule has 0 spiro atoms. The van der Waals surface area contributed by atoms with Gasteiger partial charge in [-0.15, -0.1) is 0 Å². The monoisotopic (exact) mass is 508 g/mol. The van der Waals surface area contributed by atoms with Gasteiger partial charge >= 0.3 is 6.18 Å². The number of halogens is 3. The molecule has 1 amide bonds. The van der Waals surface area contributed by atoms with Gasteiger partial charge in [-0.3, -0.25) is 4.79 Å². The van der Waals surface area contributed by atoms with Crippen molar-refractivity contribution in [3.63, 3.8) is 0 Å². The molecule has 0 radical (unpaired) electrons. The lowest BCUT2D eigenvalue weighted by atomic mass is 10.1. The summed E-state index contributed by atoms with van der Waals surface area (Å²) in [4.78, 5) is 26.6. The number of imidazole rings is 1. The van der Waals surface area contributed by atoms with Crippen molar-refractivity contribution in [1.82, 2.24) is 19.5 Å². The van der Waals surface area contributed by atoms with Crippen LogP contribution in [-0.2, 0) is 13.2 Å². The van der Waals surface area contributed by atoms with Crippen LogP contribution in [0.5, 0.6) is 0 Å². The Morgan fingerprint density at radius 3 is 2.67 bits per heavy atom. The van der Waals surface area contributed by atoms with Crippen molar-refractivity contribution >= 4 is 45.6 Å². The highest BCUT2D eigenvalue weighted by atomic mass is 32.1. The van der Waals surface area contributed by atoms with Crippen molar-refractivity contribution in [2.75, 3.05) is 10.6 Å². The van der Waals surface area contributed by atoms with Crippen LogP contribution in [0.1, 0.15) is 21.5 Å². The fourth-order valence-electron chi connectivity index (χ4n) is 3.62. The van der Waals surface area contributed by atoms with E-state index in [1.807, 2.05) is 30.8 Å². The minimum Gasteiger partial charge on any atom is -0.338 e. The van der Waals surface area contributed by atoms with Crippen molar-refractivity contribution in [3.8, 4) is 11.4 Å². The lowest BCUT2D eigenvalue weighted by molar-refractivity contribution is -0.137. The largest absolute Gasteiger partial charge is 0.416 e. The van der Waals surface area contributed by atoms with Gasteiger partial charge in [-0.25, -0.2) is 15.0 Å². The molecule has 5 aromatic rings. The number of alkyl halides is 3. The van der Waals surface area contributed by atoms with Crippen LogP contribution in [0.2, 0.25) is 0 Å². The zero-order valence-electron chi connectivity index (χ0n) is 19.1. The van der Waals surface area contributed by atoms with Gasteiger partial charge in [0.2, 0.25) is 0 Å². The van der Waals surface area contributed by atoms with Crippen LogP contribution in [0.25, 0.3) is 22.6 Å². The Balaban J connectivity index is 1.46. The molecule has 5 rings (SSSR count). The SMILES string of the molecule is Cc1ccc(C(=O)Nc2cccc(C(F)(F)F)c2)cc1Nc1nc(-c2ccsc2)nc2c1ncn2C. The normalized spacial score (nSPS) is 11.6. The van der Waals surface area contributed by atoms with Gasteiger partial charge in [0, 0.05) is 34.9 Å². The number of carbonyl (C=O) groups excluding carboxylic acids is 1. The number of aryl methyl sites for hydroxylation is 2. The first-order chi connectivity index (χ1) is 17.2. The second-order valence-electron chi connectivity index (χ2n) is 8.12. The molecule has 3 heterocycles. The summed E-state index contributed by atoms with van der Waals surface area (Å²) in [5.41, 5.74) is 3.01. The maximum absolute atomic E-state index is 13.0. The fraction of sp³-hybridized carbons (Fsp3) is 0.120. The van der Waals surface area contributed by atoms with Crippen LogP contribution < -0.4 is 10.6 Å². The molecule has 0 saturated heterocycles. The highest BCUT2D eigenvalue weighted by Crippen LogP contribution is 2.31. The predicted octanol–water partition coefficient (Wildman–Crippen LogP) is 6.41. The first-order valence-electron chi connectivity index (χ1n) is 10.8. The number of nitrogens with one attached hydrogen (secondary N) is 2. The van der Waals surface area contributed by atoms with Gasteiger partial charge in [-0.05, 0) is 54.3 Å². The second kappa shape index (κ2) is 9.08. The predicted molar refractivity (Wildman–Crippen MR) is 133 cm³/mol. The van der Waals surface area contributed by atoms with Crippen molar-refractivity contribution < 1.29 is 18.0 Å². The average Bonchev–Trinajstić information content (AvgIpc) is 3.51. The molecule has 0 saturated carbocycles. The van der Waals surface area contributed by atoms with Gasteiger partial charge in [0.15, 0.2) is 22.8 Å². The molecule has 2 N–H and O–H groups in total. The van der Waals surface area contributed by atoms with Crippen molar-refractivity contribution in [1.29, 1.82) is 0 Å². The third-order valence-corrected chi connectivity index (χ3v) is 6.22. The highest BCUT2D eigenvalue weighted by molar-refractivity contribution is 7.08. The number of hydrogen-bond acceptors (Lipinski definition) is 6. The van der Waals surface area contributed by atoms with Crippen molar-refractivity contribution in [2.45, 2.75) is 13.1 Å². The molecule has 0 aliphatic heterocycles. The summed E-state index contributed by atoms with van der Waals surface area (Å²) in [6, 6.07) is 11.4. The number of anilines is 3. The number of benzene rings is 2. The van der Waals surface area contributed by atoms with Gasteiger partial charge in [0.1, 0.15) is 0 Å². The third kappa shape index (κ3) is 4.65. The Morgan fingerprint density at radius 2 is 1.92 bits per heavy atom. The van der Waals surface area contributed by atoms with E-state index in [-0.39, 0.29) is 11.3 Å². The van der Waals surface area contributed by atoms with E-state index in [1.165, 1.54) is 23.5 Å². The summed E-state index contributed by atoms with van der Waals surface area (Å²) < 4.78 is 40.9. The average molecular weight is 509 g/mol. The standard InChI is InChI=1S/C25H19F3N6OS/c1-14-6-7-15(24(35)30-18-5-3-4-17(11-18)25(26,27)28)10-19(14)31-22-20-23(34(2)13-29-20)33-21(32-22)16-8-9-36-12-16/h3-13H,1-2H3,(H,30,35)(H,31,32,33). The van der Waals surface area contributed by atoms with Crippen LogP contribution in [-0.4, -0.2) is 25.4 Å². The number of nitrogens with zero attached hydrogens (tertiary/aromatic N) is 4. The zero-order chi connectivity index (χ0) is 25.4. The maximum Gasteiger partial charge on any atom is 0.416 e. The van der Waals surface area contributed by atoms with Gasteiger partial charge in [0.25, 0.3) is 5.91 Å². The number of hydrogen-bond donors (Lipinski definition) is 2. The molecule has 3 aromatic heterocycles. The first-order valence-corrected chi connectivity index (χ1v) is 11.7. The summed E-state index contributed by atoms with van der Waals surface area (Å²) in [5.74, 6) is 0.466. The summed E-state index contributed by atoms with van der Waals surface area (Å²) in [6.45, 7) is 1.87. The van der Waals surface area contributed by atoms with E-state index in [4.69, 9.17) is 0 Å².